The highest BCUT2D eigenvalue weighted by Crippen LogP contribution is 2.32. The number of ether oxygens (including phenoxy) is 2. The minimum Gasteiger partial charge on any atom is -0.497 e. The Morgan fingerprint density at radius 2 is 1.79 bits per heavy atom. The van der Waals surface area contributed by atoms with Crippen LogP contribution in [-0.4, -0.2) is 32.7 Å². The quantitative estimate of drug-likeness (QED) is 0.506. The first kappa shape index (κ1) is 21.6. The molecule has 0 saturated carbocycles. The molecule has 0 saturated heterocycles. The van der Waals surface area contributed by atoms with Crippen LogP contribution in [0.3, 0.4) is 0 Å². The monoisotopic (exact) mass is 474 g/mol. The molecule has 0 N–H and O–H groups in total. The van der Waals surface area contributed by atoms with Crippen LogP contribution in [0.5, 0.6) is 5.75 Å². The van der Waals surface area contributed by atoms with Gasteiger partial charge in [0.25, 0.3) is 10.0 Å². The number of thiazole rings is 1. The maximum atomic E-state index is 12.8. The summed E-state index contributed by atoms with van der Waals surface area (Å²) in [6.07, 6.45) is 0. The summed E-state index contributed by atoms with van der Waals surface area (Å²) in [5.41, 5.74) is 0.418. The molecule has 7 nitrogen and oxygen atoms in total. The molecule has 0 unspecified atom stereocenters. The van der Waals surface area contributed by atoms with E-state index in [1.165, 1.54) is 35.9 Å². The maximum absolute atomic E-state index is 12.8. The number of hydrogen-bond acceptors (Lipinski definition) is 6. The molecular formula is C18H16Cl2N2O5S2. The molecule has 3 rings (SSSR count). The van der Waals surface area contributed by atoms with Gasteiger partial charge in [0.2, 0.25) is 4.80 Å². The summed E-state index contributed by atoms with van der Waals surface area (Å²) < 4.78 is 41.5. The van der Waals surface area contributed by atoms with Crippen molar-refractivity contribution < 1.29 is 22.7 Å². The van der Waals surface area contributed by atoms with Gasteiger partial charge in [-0.05, 0) is 43.3 Å². The number of aromatic nitrogens is 1. The van der Waals surface area contributed by atoms with Crippen LogP contribution in [0, 0.1) is 0 Å². The second kappa shape index (κ2) is 8.74. The number of sulfonamides is 1. The normalized spacial score (nSPS) is 12.3. The van der Waals surface area contributed by atoms with Crippen LogP contribution in [-0.2, 0) is 26.1 Å². The van der Waals surface area contributed by atoms with Gasteiger partial charge in [-0.2, -0.15) is 8.42 Å². The first-order valence-electron chi connectivity index (χ1n) is 8.35. The predicted octanol–water partition coefficient (Wildman–Crippen LogP) is 3.87. The van der Waals surface area contributed by atoms with Crippen molar-refractivity contribution in [1.29, 1.82) is 0 Å². The van der Waals surface area contributed by atoms with E-state index < -0.39 is 16.0 Å². The smallest absolute Gasteiger partial charge is 0.326 e. The number of halogens is 2. The minimum absolute atomic E-state index is 0.0179. The molecule has 0 radical (unpaired) electrons. The highest BCUT2D eigenvalue weighted by Gasteiger charge is 2.19. The number of fused-ring (bicyclic) bond motifs is 1. The van der Waals surface area contributed by atoms with Crippen molar-refractivity contribution in [3.05, 3.63) is 51.2 Å². The Hall–Kier alpha value is -2.07. The third kappa shape index (κ3) is 4.58. The van der Waals surface area contributed by atoms with E-state index in [1.807, 2.05) is 0 Å². The molecule has 0 fully saturated rings. The molecular weight excluding hydrogens is 459 g/mol. The van der Waals surface area contributed by atoms with Gasteiger partial charge in [0.1, 0.15) is 12.3 Å². The van der Waals surface area contributed by atoms with Crippen molar-refractivity contribution in [2.45, 2.75) is 18.4 Å². The third-order valence-electron chi connectivity index (χ3n) is 3.88. The maximum Gasteiger partial charge on any atom is 0.326 e. The number of methoxy groups -OCH3 is 1. The Labute approximate surface area is 181 Å². The lowest BCUT2D eigenvalue weighted by Crippen LogP contribution is -2.23. The molecule has 1 aromatic heterocycles. The van der Waals surface area contributed by atoms with Gasteiger partial charge in [-0.25, -0.2) is 0 Å². The molecule has 0 aliphatic heterocycles. The molecule has 3 aromatic rings. The van der Waals surface area contributed by atoms with Crippen molar-refractivity contribution in [2.24, 2.45) is 4.40 Å². The van der Waals surface area contributed by atoms with Gasteiger partial charge in [0, 0.05) is 0 Å². The average molecular weight is 475 g/mol. The van der Waals surface area contributed by atoms with Gasteiger partial charge in [0.15, 0.2) is 0 Å². The molecule has 2 aromatic carbocycles. The topological polar surface area (TPSA) is 87.0 Å². The SMILES string of the molecule is CCOC(=O)Cn1c(=NS(=O)(=O)c2ccc(OC)cc2)sc2c(Cl)ccc(Cl)c21. The van der Waals surface area contributed by atoms with Gasteiger partial charge in [-0.1, -0.05) is 34.5 Å². The van der Waals surface area contributed by atoms with Crippen molar-refractivity contribution in [2.75, 3.05) is 13.7 Å². The van der Waals surface area contributed by atoms with Crippen LogP contribution in [0.4, 0.5) is 0 Å². The molecule has 0 amide bonds. The lowest BCUT2D eigenvalue weighted by molar-refractivity contribution is -0.143. The predicted molar refractivity (Wildman–Crippen MR) is 112 cm³/mol. The van der Waals surface area contributed by atoms with E-state index in [9.17, 15) is 13.2 Å². The largest absolute Gasteiger partial charge is 0.497 e. The van der Waals surface area contributed by atoms with Gasteiger partial charge in [0.05, 0.1) is 38.9 Å². The molecule has 0 atom stereocenters. The fraction of sp³-hybridized carbons (Fsp3) is 0.222. The van der Waals surface area contributed by atoms with Crippen LogP contribution < -0.4 is 9.54 Å². The Kier molecular flexibility index (Phi) is 6.52. The highest BCUT2D eigenvalue weighted by atomic mass is 35.5. The summed E-state index contributed by atoms with van der Waals surface area (Å²) in [7, 11) is -2.58. The molecule has 29 heavy (non-hydrogen) atoms. The number of carbonyl (C=O) groups excluding carboxylic acids is 1. The minimum atomic E-state index is -4.06. The number of benzene rings is 2. The average Bonchev–Trinajstić information content (AvgIpc) is 3.03. The Bertz CT molecular complexity index is 1230. The zero-order valence-corrected chi connectivity index (χ0v) is 18.5. The molecule has 0 aliphatic carbocycles. The molecule has 0 spiro atoms. The van der Waals surface area contributed by atoms with Gasteiger partial charge < -0.3 is 14.0 Å². The molecule has 0 aliphatic rings. The van der Waals surface area contributed by atoms with E-state index in [0.717, 1.165) is 11.3 Å². The molecule has 11 heteroatoms. The second-order valence-electron chi connectivity index (χ2n) is 5.72. The van der Waals surface area contributed by atoms with Crippen molar-refractivity contribution in [1.82, 2.24) is 4.57 Å². The fourth-order valence-corrected chi connectivity index (χ4v) is 5.41. The number of hydrogen-bond donors (Lipinski definition) is 0. The first-order chi connectivity index (χ1) is 13.8. The van der Waals surface area contributed by atoms with Crippen molar-refractivity contribution in [3.63, 3.8) is 0 Å². The molecule has 0 bridgehead atoms. The summed E-state index contributed by atoms with van der Waals surface area (Å²) in [6, 6.07) is 8.99. The second-order valence-corrected chi connectivity index (χ2v) is 9.12. The lowest BCUT2D eigenvalue weighted by Gasteiger charge is -2.07. The summed E-state index contributed by atoms with van der Waals surface area (Å²) in [5.74, 6) is -0.0340. The van der Waals surface area contributed by atoms with E-state index in [1.54, 1.807) is 19.1 Å². The number of rotatable bonds is 6. The van der Waals surface area contributed by atoms with Crippen LogP contribution in [0.25, 0.3) is 10.2 Å². The Balaban J connectivity index is 2.22. The van der Waals surface area contributed by atoms with Crippen LogP contribution in [0.1, 0.15) is 6.92 Å². The van der Waals surface area contributed by atoms with E-state index >= 15 is 0 Å². The lowest BCUT2D eigenvalue weighted by atomic mass is 10.3. The molecule has 154 valence electrons. The summed E-state index contributed by atoms with van der Waals surface area (Å²) in [6.45, 7) is 1.61. The number of carbonyl (C=O) groups is 1. The number of nitrogens with zero attached hydrogens (tertiary/aromatic N) is 2. The molecule has 1 heterocycles. The summed E-state index contributed by atoms with van der Waals surface area (Å²) in [4.78, 5) is 12.1. The van der Waals surface area contributed by atoms with Crippen LogP contribution in [0.2, 0.25) is 10.0 Å². The van der Waals surface area contributed by atoms with Crippen molar-refractivity contribution in [3.8, 4) is 5.75 Å². The van der Waals surface area contributed by atoms with E-state index in [0.29, 0.717) is 26.0 Å². The standard InChI is InChI=1S/C18H16Cl2N2O5S2/c1-3-27-15(23)10-22-16-13(19)8-9-14(20)17(16)28-18(22)21-29(24,25)12-6-4-11(26-2)5-7-12/h4-9H,3,10H2,1-2H3. The van der Waals surface area contributed by atoms with Crippen LogP contribution >= 0.6 is 34.5 Å². The van der Waals surface area contributed by atoms with E-state index in [2.05, 4.69) is 4.40 Å². The van der Waals surface area contributed by atoms with Crippen LogP contribution in [0.15, 0.2) is 45.7 Å². The van der Waals surface area contributed by atoms with E-state index in [-0.39, 0.29) is 22.8 Å². The zero-order valence-electron chi connectivity index (χ0n) is 15.4. The van der Waals surface area contributed by atoms with Gasteiger partial charge >= 0.3 is 5.97 Å². The Morgan fingerprint density at radius 3 is 2.41 bits per heavy atom. The highest BCUT2D eigenvalue weighted by molar-refractivity contribution is 7.90. The summed E-state index contributed by atoms with van der Waals surface area (Å²) >= 11 is 13.6. The first-order valence-corrected chi connectivity index (χ1v) is 11.4. The summed E-state index contributed by atoms with van der Waals surface area (Å²) in [5, 5.41) is 0.684. The third-order valence-corrected chi connectivity index (χ3v) is 7.12. The number of esters is 1. The zero-order chi connectivity index (χ0) is 21.2. The van der Waals surface area contributed by atoms with E-state index in [4.69, 9.17) is 32.7 Å². The fourth-order valence-electron chi connectivity index (χ4n) is 2.57. The Morgan fingerprint density at radius 1 is 1.14 bits per heavy atom. The van der Waals surface area contributed by atoms with Gasteiger partial charge in [-0.3, -0.25) is 4.79 Å². The van der Waals surface area contributed by atoms with Crippen molar-refractivity contribution >= 4 is 60.7 Å². The van der Waals surface area contributed by atoms with Gasteiger partial charge in [-0.15, -0.1) is 4.40 Å².